The van der Waals surface area contributed by atoms with Gasteiger partial charge in [-0.1, -0.05) is 45.4 Å². The van der Waals surface area contributed by atoms with Gasteiger partial charge < -0.3 is 18.9 Å². The van der Waals surface area contributed by atoms with Crippen molar-refractivity contribution in [1.29, 1.82) is 0 Å². The van der Waals surface area contributed by atoms with Crippen LogP contribution >= 0.6 is 0 Å². The van der Waals surface area contributed by atoms with Gasteiger partial charge >= 0.3 is 5.97 Å². The fourth-order valence-corrected chi connectivity index (χ4v) is 3.04. The van der Waals surface area contributed by atoms with Crippen molar-refractivity contribution in [3.05, 3.63) is 0 Å². The van der Waals surface area contributed by atoms with Crippen LogP contribution < -0.4 is 0 Å². The zero-order valence-corrected chi connectivity index (χ0v) is 13.2. The molecular formula is C16H28O5. The molecule has 0 aromatic heterocycles. The average molecular weight is 300 g/mol. The van der Waals surface area contributed by atoms with Crippen LogP contribution in [0.15, 0.2) is 0 Å². The van der Waals surface area contributed by atoms with Crippen LogP contribution in [0, 0.1) is 0 Å². The van der Waals surface area contributed by atoms with E-state index >= 15 is 0 Å². The summed E-state index contributed by atoms with van der Waals surface area (Å²) >= 11 is 0. The highest BCUT2D eigenvalue weighted by Gasteiger charge is 2.44. The Labute approximate surface area is 127 Å². The molecule has 2 rings (SSSR count). The molecule has 0 radical (unpaired) electrons. The molecule has 21 heavy (non-hydrogen) atoms. The molecule has 1 unspecified atom stereocenters. The fourth-order valence-electron chi connectivity index (χ4n) is 3.04. The van der Waals surface area contributed by atoms with E-state index in [1.54, 1.807) is 7.11 Å². The van der Waals surface area contributed by atoms with E-state index in [2.05, 4.69) is 6.92 Å². The van der Waals surface area contributed by atoms with Crippen LogP contribution in [-0.4, -0.2) is 37.9 Å². The Morgan fingerprint density at radius 1 is 1.14 bits per heavy atom. The van der Waals surface area contributed by atoms with E-state index in [4.69, 9.17) is 18.9 Å². The van der Waals surface area contributed by atoms with Gasteiger partial charge in [0.15, 0.2) is 0 Å². The Morgan fingerprint density at radius 3 is 2.57 bits per heavy atom. The summed E-state index contributed by atoms with van der Waals surface area (Å²) in [6.45, 7) is 1.60. The maximum atomic E-state index is 11.3. The van der Waals surface area contributed by atoms with Crippen molar-refractivity contribution in [2.24, 2.45) is 0 Å². The van der Waals surface area contributed by atoms with Crippen molar-refractivity contribution in [2.75, 3.05) is 7.11 Å². The quantitative estimate of drug-likeness (QED) is 0.483. The molecule has 2 aliphatic rings. The molecule has 2 saturated heterocycles. The highest BCUT2D eigenvalue weighted by molar-refractivity contribution is 5.71. The standard InChI is InChI=1S/C16H28O5/c1-3-4-5-6-7-8-9-12-15(21-16(18-2)20-12)13-10-11-14(17)19-13/h12-13,15-16H,3-11H2,1-2H3/t12-,13+,15-,16?/m0/s1. The van der Waals surface area contributed by atoms with E-state index in [1.165, 1.54) is 32.1 Å². The monoisotopic (exact) mass is 300 g/mol. The smallest absolute Gasteiger partial charge is 0.306 e. The van der Waals surface area contributed by atoms with Gasteiger partial charge in [-0.25, -0.2) is 0 Å². The lowest BCUT2D eigenvalue weighted by Gasteiger charge is -2.21. The van der Waals surface area contributed by atoms with E-state index in [-0.39, 0.29) is 24.3 Å². The van der Waals surface area contributed by atoms with Gasteiger partial charge in [-0.2, -0.15) is 0 Å². The first-order valence-corrected chi connectivity index (χ1v) is 8.27. The van der Waals surface area contributed by atoms with Crippen LogP contribution in [0.5, 0.6) is 0 Å². The molecule has 0 aromatic carbocycles. The number of hydrogen-bond donors (Lipinski definition) is 0. The maximum absolute atomic E-state index is 11.3. The second-order valence-electron chi connectivity index (χ2n) is 5.92. The molecular weight excluding hydrogens is 272 g/mol. The second-order valence-corrected chi connectivity index (χ2v) is 5.92. The van der Waals surface area contributed by atoms with Gasteiger partial charge in [0.05, 0.1) is 6.10 Å². The minimum atomic E-state index is -0.626. The van der Waals surface area contributed by atoms with Crippen LogP contribution in [0.25, 0.3) is 0 Å². The summed E-state index contributed by atoms with van der Waals surface area (Å²) in [6, 6.07) is 0. The molecule has 0 spiro atoms. The lowest BCUT2D eigenvalue weighted by Crippen LogP contribution is -2.35. The number of hydrogen-bond acceptors (Lipinski definition) is 5. The first-order valence-electron chi connectivity index (χ1n) is 8.27. The minimum absolute atomic E-state index is 0.0305. The van der Waals surface area contributed by atoms with Gasteiger partial charge in [-0.05, 0) is 12.8 Å². The SMILES string of the molecule is CCCCCCCC[C@@H]1OC(OC)O[C@@H]1[C@H]1CCC(=O)O1. The van der Waals surface area contributed by atoms with Crippen molar-refractivity contribution in [3.8, 4) is 0 Å². The Kier molecular flexibility index (Phi) is 6.93. The summed E-state index contributed by atoms with van der Waals surface area (Å²) < 4.78 is 22.0. The van der Waals surface area contributed by atoms with Crippen molar-refractivity contribution >= 4 is 5.97 Å². The highest BCUT2D eigenvalue weighted by atomic mass is 16.9. The summed E-state index contributed by atoms with van der Waals surface area (Å²) in [5.41, 5.74) is 0. The summed E-state index contributed by atoms with van der Waals surface area (Å²) in [6.07, 6.45) is 9.24. The number of methoxy groups -OCH3 is 1. The zero-order chi connectivity index (χ0) is 15.1. The molecule has 2 fully saturated rings. The van der Waals surface area contributed by atoms with Gasteiger partial charge in [0.25, 0.3) is 6.48 Å². The third-order valence-corrected chi connectivity index (χ3v) is 4.24. The molecule has 0 bridgehead atoms. The van der Waals surface area contributed by atoms with Crippen molar-refractivity contribution in [3.63, 3.8) is 0 Å². The molecule has 5 nitrogen and oxygen atoms in total. The molecule has 2 heterocycles. The number of carbonyl (C=O) groups excluding carboxylic acids is 1. The molecule has 4 atom stereocenters. The number of carbonyl (C=O) groups is 1. The Balaban J connectivity index is 1.74. The highest BCUT2D eigenvalue weighted by Crippen LogP contribution is 2.31. The summed E-state index contributed by atoms with van der Waals surface area (Å²) in [5, 5.41) is 0. The zero-order valence-electron chi connectivity index (χ0n) is 13.2. The van der Waals surface area contributed by atoms with Crippen molar-refractivity contribution in [1.82, 2.24) is 0 Å². The third-order valence-electron chi connectivity index (χ3n) is 4.24. The molecule has 0 aliphatic carbocycles. The molecule has 0 amide bonds. The van der Waals surface area contributed by atoms with Gasteiger partial charge in [0.2, 0.25) is 0 Å². The molecule has 5 heteroatoms. The first-order chi connectivity index (χ1) is 10.2. The van der Waals surface area contributed by atoms with Crippen LogP contribution in [0.1, 0.15) is 64.7 Å². The van der Waals surface area contributed by atoms with E-state index in [0.717, 1.165) is 19.3 Å². The van der Waals surface area contributed by atoms with E-state index in [0.29, 0.717) is 6.42 Å². The number of unbranched alkanes of at least 4 members (excludes halogenated alkanes) is 5. The van der Waals surface area contributed by atoms with Gasteiger partial charge in [0, 0.05) is 13.5 Å². The maximum Gasteiger partial charge on any atom is 0.306 e. The minimum Gasteiger partial charge on any atom is -0.459 e. The van der Waals surface area contributed by atoms with E-state index in [9.17, 15) is 4.79 Å². The van der Waals surface area contributed by atoms with Gasteiger partial charge in [-0.3, -0.25) is 4.79 Å². The number of ether oxygens (including phenoxy) is 4. The predicted octanol–water partition coefficient (Wildman–Crippen LogP) is 3.16. The predicted molar refractivity (Wildman–Crippen MR) is 77.7 cm³/mol. The van der Waals surface area contributed by atoms with Crippen LogP contribution in [0.4, 0.5) is 0 Å². The molecule has 0 aromatic rings. The first kappa shape index (κ1) is 16.7. The molecule has 0 saturated carbocycles. The largest absolute Gasteiger partial charge is 0.459 e. The van der Waals surface area contributed by atoms with E-state index < -0.39 is 6.48 Å². The topological polar surface area (TPSA) is 54.0 Å². The van der Waals surface area contributed by atoms with E-state index in [1.807, 2.05) is 0 Å². The summed E-state index contributed by atoms with van der Waals surface area (Å²) in [7, 11) is 1.56. The molecule has 2 aliphatic heterocycles. The Bertz CT molecular complexity index is 320. The Morgan fingerprint density at radius 2 is 1.90 bits per heavy atom. The number of esters is 1. The number of rotatable bonds is 9. The summed E-state index contributed by atoms with van der Waals surface area (Å²) in [5.74, 6) is -0.136. The lowest BCUT2D eigenvalue weighted by atomic mass is 9.99. The van der Waals surface area contributed by atoms with Crippen LogP contribution in [0.3, 0.4) is 0 Å². The summed E-state index contributed by atoms with van der Waals surface area (Å²) in [4.78, 5) is 11.3. The van der Waals surface area contributed by atoms with Gasteiger partial charge in [-0.15, -0.1) is 0 Å². The van der Waals surface area contributed by atoms with Crippen LogP contribution in [-0.2, 0) is 23.7 Å². The normalized spacial score (nSPS) is 32.6. The lowest BCUT2D eigenvalue weighted by molar-refractivity contribution is -0.233. The Hall–Kier alpha value is -0.650. The molecule has 0 N–H and O–H groups in total. The van der Waals surface area contributed by atoms with Crippen LogP contribution in [0.2, 0.25) is 0 Å². The number of cyclic esters (lactones) is 1. The third kappa shape index (κ3) is 4.94. The fraction of sp³-hybridized carbons (Fsp3) is 0.938. The van der Waals surface area contributed by atoms with Gasteiger partial charge in [0.1, 0.15) is 12.2 Å². The molecule has 122 valence electrons. The average Bonchev–Trinajstić information content (AvgIpc) is 3.08. The van der Waals surface area contributed by atoms with Crippen molar-refractivity contribution in [2.45, 2.75) is 89.5 Å². The van der Waals surface area contributed by atoms with Crippen molar-refractivity contribution < 1.29 is 23.7 Å². The second kappa shape index (κ2) is 8.71.